The van der Waals surface area contributed by atoms with Gasteiger partial charge in [-0.1, -0.05) is 30.3 Å². The lowest BCUT2D eigenvalue weighted by molar-refractivity contribution is 0.103. The number of hydrogen-bond donors (Lipinski definition) is 1. The number of ketones is 1. The zero-order valence-electron chi connectivity index (χ0n) is 11.1. The van der Waals surface area contributed by atoms with E-state index in [1.807, 2.05) is 12.1 Å². The number of nitrogens with zero attached hydrogens (tertiary/aromatic N) is 3. The molecule has 2 aromatic rings. The molecule has 1 aromatic heterocycles. The van der Waals surface area contributed by atoms with Crippen LogP contribution in [0.25, 0.3) is 0 Å². The molecule has 0 aliphatic carbocycles. The third kappa shape index (κ3) is 2.38. The van der Waals surface area contributed by atoms with Crippen molar-refractivity contribution in [2.24, 2.45) is 0 Å². The summed E-state index contributed by atoms with van der Waals surface area (Å²) in [4.78, 5) is 16.4. The van der Waals surface area contributed by atoms with Gasteiger partial charge >= 0.3 is 0 Å². The fourth-order valence-corrected chi connectivity index (χ4v) is 1.91. The largest absolute Gasteiger partial charge is 0.480 e. The molecule has 0 saturated carbocycles. The molecule has 2 rings (SSSR count). The Labute approximate surface area is 121 Å². The maximum absolute atomic E-state index is 12.6. The molecule has 0 atom stereocenters. The number of carbonyl (C=O) groups excluding carboxylic acids is 1. The number of rotatable bonds is 3. The van der Waals surface area contributed by atoms with Gasteiger partial charge in [-0.2, -0.15) is 15.5 Å². The normalized spacial score (nSPS) is 9.48. The lowest BCUT2D eigenvalue weighted by Gasteiger charge is -2.11. The van der Waals surface area contributed by atoms with Crippen molar-refractivity contribution >= 4 is 11.6 Å². The number of ether oxygens (including phenoxy) is 1. The monoisotopic (exact) mass is 278 g/mol. The van der Waals surface area contributed by atoms with Crippen LogP contribution in [0, 0.1) is 22.7 Å². The Bertz CT molecular complexity index is 786. The highest BCUT2D eigenvalue weighted by Gasteiger charge is 2.25. The highest BCUT2D eigenvalue weighted by molar-refractivity contribution is 6.12. The van der Waals surface area contributed by atoms with Crippen LogP contribution < -0.4 is 10.5 Å². The van der Waals surface area contributed by atoms with Gasteiger partial charge in [0.05, 0.1) is 12.7 Å². The second-order valence-electron chi connectivity index (χ2n) is 4.05. The molecule has 0 spiro atoms. The highest BCUT2D eigenvalue weighted by Crippen LogP contribution is 2.28. The van der Waals surface area contributed by atoms with Crippen molar-refractivity contribution in [3.63, 3.8) is 0 Å². The summed E-state index contributed by atoms with van der Waals surface area (Å²) < 4.78 is 4.97. The molecule has 1 aromatic carbocycles. The van der Waals surface area contributed by atoms with Crippen LogP contribution in [0.3, 0.4) is 0 Å². The first kappa shape index (κ1) is 14.0. The number of hydrogen-bond acceptors (Lipinski definition) is 6. The minimum atomic E-state index is -0.476. The van der Waals surface area contributed by atoms with Crippen LogP contribution in [0.1, 0.15) is 27.0 Å². The molecule has 0 bridgehead atoms. The maximum atomic E-state index is 12.6. The van der Waals surface area contributed by atoms with Crippen molar-refractivity contribution in [2.45, 2.75) is 0 Å². The average Bonchev–Trinajstić information content (AvgIpc) is 2.53. The van der Waals surface area contributed by atoms with Crippen molar-refractivity contribution in [3.8, 4) is 18.0 Å². The van der Waals surface area contributed by atoms with E-state index < -0.39 is 5.78 Å². The number of carbonyl (C=O) groups is 1. The summed E-state index contributed by atoms with van der Waals surface area (Å²) in [5, 5.41) is 18.5. The average molecular weight is 278 g/mol. The summed E-state index contributed by atoms with van der Waals surface area (Å²) in [6.07, 6.45) is 0. The van der Waals surface area contributed by atoms with Gasteiger partial charge < -0.3 is 10.5 Å². The topological polar surface area (TPSA) is 113 Å². The molecule has 0 unspecified atom stereocenters. The van der Waals surface area contributed by atoms with Gasteiger partial charge in [0.15, 0.2) is 5.78 Å². The Morgan fingerprint density at radius 1 is 1.19 bits per heavy atom. The van der Waals surface area contributed by atoms with E-state index in [1.165, 1.54) is 7.11 Å². The van der Waals surface area contributed by atoms with Crippen LogP contribution in [-0.2, 0) is 0 Å². The first-order valence-corrected chi connectivity index (χ1v) is 5.91. The summed E-state index contributed by atoms with van der Waals surface area (Å²) in [7, 11) is 1.31. The Hall–Kier alpha value is -3.38. The van der Waals surface area contributed by atoms with E-state index in [0.29, 0.717) is 5.56 Å². The van der Waals surface area contributed by atoms with Gasteiger partial charge in [0.2, 0.25) is 5.88 Å². The molecule has 0 radical (unpaired) electrons. The van der Waals surface area contributed by atoms with E-state index in [1.54, 1.807) is 30.3 Å². The maximum Gasteiger partial charge on any atom is 0.234 e. The molecule has 21 heavy (non-hydrogen) atoms. The number of methoxy groups -OCH3 is 1. The summed E-state index contributed by atoms with van der Waals surface area (Å²) in [5.74, 6) is -0.697. The number of nitrogen functional groups attached to an aromatic ring is 1. The third-order valence-electron chi connectivity index (χ3n) is 2.87. The molecule has 1 heterocycles. The van der Waals surface area contributed by atoms with Crippen LogP contribution in [-0.4, -0.2) is 17.9 Å². The van der Waals surface area contributed by atoms with E-state index in [9.17, 15) is 15.3 Å². The molecule has 0 fully saturated rings. The third-order valence-corrected chi connectivity index (χ3v) is 2.87. The number of pyridine rings is 1. The second-order valence-corrected chi connectivity index (χ2v) is 4.05. The van der Waals surface area contributed by atoms with Crippen LogP contribution >= 0.6 is 0 Å². The van der Waals surface area contributed by atoms with Crippen molar-refractivity contribution in [3.05, 3.63) is 52.6 Å². The lowest BCUT2D eigenvalue weighted by atomic mass is 9.95. The lowest BCUT2D eigenvalue weighted by Crippen LogP contribution is -2.12. The molecule has 0 aliphatic rings. The van der Waals surface area contributed by atoms with Crippen molar-refractivity contribution in [1.29, 1.82) is 10.5 Å². The summed E-state index contributed by atoms with van der Waals surface area (Å²) in [6, 6.07) is 12.0. The number of nitrogens with two attached hydrogens (primary N) is 1. The van der Waals surface area contributed by atoms with Gasteiger partial charge in [-0.3, -0.25) is 4.79 Å². The fourth-order valence-electron chi connectivity index (χ4n) is 1.91. The van der Waals surface area contributed by atoms with Crippen LogP contribution in [0.5, 0.6) is 5.88 Å². The Kier molecular flexibility index (Phi) is 3.83. The number of aromatic nitrogens is 1. The predicted octanol–water partition coefficient (Wildman–Crippen LogP) is 1.65. The van der Waals surface area contributed by atoms with Gasteiger partial charge in [0, 0.05) is 5.56 Å². The molecule has 102 valence electrons. The van der Waals surface area contributed by atoms with E-state index in [4.69, 9.17) is 10.5 Å². The van der Waals surface area contributed by atoms with Crippen LogP contribution in [0.2, 0.25) is 0 Å². The van der Waals surface area contributed by atoms with Crippen LogP contribution in [0.15, 0.2) is 30.3 Å². The van der Waals surface area contributed by atoms with Crippen molar-refractivity contribution in [1.82, 2.24) is 4.98 Å². The standard InChI is InChI=1S/C15H10N4O2/c1-21-15-11(8-17)12(10(7-16)14(18)19-15)13(20)9-5-3-2-4-6-9/h2-6H,1H3,(H2,18,19). The molecule has 0 aliphatic heterocycles. The Morgan fingerprint density at radius 2 is 1.81 bits per heavy atom. The van der Waals surface area contributed by atoms with Crippen molar-refractivity contribution in [2.75, 3.05) is 12.8 Å². The number of anilines is 1. The van der Waals surface area contributed by atoms with Gasteiger partial charge in [0.25, 0.3) is 0 Å². The summed E-state index contributed by atoms with van der Waals surface area (Å²) in [6.45, 7) is 0. The predicted molar refractivity (Wildman–Crippen MR) is 74.5 cm³/mol. The molecule has 6 heteroatoms. The van der Waals surface area contributed by atoms with E-state index >= 15 is 0 Å². The van der Waals surface area contributed by atoms with Gasteiger partial charge in [-0.15, -0.1) is 0 Å². The van der Waals surface area contributed by atoms with E-state index in [-0.39, 0.29) is 28.4 Å². The Morgan fingerprint density at radius 3 is 2.33 bits per heavy atom. The minimum Gasteiger partial charge on any atom is -0.480 e. The van der Waals surface area contributed by atoms with Gasteiger partial charge in [-0.25, -0.2) is 0 Å². The van der Waals surface area contributed by atoms with Crippen molar-refractivity contribution < 1.29 is 9.53 Å². The first-order chi connectivity index (χ1) is 10.1. The fraction of sp³-hybridized carbons (Fsp3) is 0.0667. The SMILES string of the molecule is COc1nc(N)c(C#N)c(C(=O)c2ccccc2)c1C#N. The molecule has 6 nitrogen and oxygen atoms in total. The molecule has 0 amide bonds. The number of benzene rings is 1. The number of nitriles is 2. The minimum absolute atomic E-state index is 0.0757. The van der Waals surface area contributed by atoms with E-state index in [2.05, 4.69) is 4.98 Å². The van der Waals surface area contributed by atoms with E-state index in [0.717, 1.165) is 0 Å². The summed E-state index contributed by atoms with van der Waals surface area (Å²) in [5.41, 5.74) is 5.71. The Balaban J connectivity index is 2.79. The zero-order chi connectivity index (χ0) is 15.4. The quantitative estimate of drug-likeness (QED) is 0.854. The van der Waals surface area contributed by atoms with Gasteiger partial charge in [-0.05, 0) is 0 Å². The molecular formula is C15H10N4O2. The van der Waals surface area contributed by atoms with Crippen LogP contribution in [0.4, 0.5) is 5.82 Å². The molecular weight excluding hydrogens is 268 g/mol. The first-order valence-electron chi connectivity index (χ1n) is 5.91. The summed E-state index contributed by atoms with van der Waals surface area (Å²) >= 11 is 0. The zero-order valence-corrected chi connectivity index (χ0v) is 11.1. The van der Waals surface area contributed by atoms with Gasteiger partial charge in [0.1, 0.15) is 29.1 Å². The smallest absolute Gasteiger partial charge is 0.234 e. The second kappa shape index (κ2) is 5.72. The molecule has 2 N–H and O–H groups in total. The highest BCUT2D eigenvalue weighted by atomic mass is 16.5. The molecule has 0 saturated heterocycles.